The molecule has 0 N–H and O–H groups in total. The molecule has 8 nitrogen and oxygen atoms in total. The quantitative estimate of drug-likeness (QED) is 0.185. The lowest BCUT2D eigenvalue weighted by Crippen LogP contribution is -2.43. The van der Waals surface area contributed by atoms with Gasteiger partial charge >= 0.3 is 17.7 Å². The molecule has 8 heteroatoms. The number of rotatable bonds is 5. The topological polar surface area (TPSA) is 107 Å². The number of fused-ring (bicyclic) bond motifs is 1. The van der Waals surface area contributed by atoms with Gasteiger partial charge in [0.05, 0.1) is 19.8 Å². The average Bonchev–Trinajstić information content (AvgIpc) is 3.22. The summed E-state index contributed by atoms with van der Waals surface area (Å²) in [7, 11) is 0. The van der Waals surface area contributed by atoms with Crippen molar-refractivity contribution >= 4 is 17.7 Å². The van der Waals surface area contributed by atoms with Crippen molar-refractivity contribution in [1.29, 1.82) is 0 Å². The summed E-state index contributed by atoms with van der Waals surface area (Å²) in [6.07, 6.45) is 6.12. The van der Waals surface area contributed by atoms with Crippen LogP contribution in [0.4, 0.5) is 0 Å². The van der Waals surface area contributed by atoms with Gasteiger partial charge in [-0.2, -0.15) is 4.79 Å². The molecule has 136 valence electrons. The van der Waals surface area contributed by atoms with Crippen molar-refractivity contribution in [3.63, 3.8) is 0 Å². The summed E-state index contributed by atoms with van der Waals surface area (Å²) in [4.78, 5) is 26.4. The Labute approximate surface area is 145 Å². The lowest BCUT2D eigenvalue weighted by molar-refractivity contribution is -0.180. The maximum Gasteiger partial charge on any atom is 0.482 e. The van der Waals surface area contributed by atoms with E-state index in [9.17, 15) is 9.59 Å². The van der Waals surface area contributed by atoms with Crippen LogP contribution in [-0.2, 0) is 28.5 Å². The highest BCUT2D eigenvalue weighted by atomic mass is 16.7. The Hall–Kier alpha value is -2.02. The molecule has 0 aromatic heterocycles. The fraction of sp³-hybridized carbons (Fsp3) is 0.706. The van der Waals surface area contributed by atoms with E-state index in [4.69, 9.17) is 19.7 Å². The minimum atomic E-state index is -0.995. The second kappa shape index (κ2) is 7.07. The third-order valence-corrected chi connectivity index (χ3v) is 5.19. The number of nitrogens with zero attached hydrogens (tertiary/aromatic N) is 2. The predicted octanol–water partition coefficient (Wildman–Crippen LogP) is 1.40. The Morgan fingerprint density at radius 1 is 1.20 bits per heavy atom. The van der Waals surface area contributed by atoms with E-state index in [2.05, 4.69) is 15.6 Å². The number of esters is 2. The SMILES string of the molecule is CCOC(=O)C(=[N+]=[N-])C(=O)OCC12CCC=C1CC1(CC2)OCCO1. The number of hydrogen-bond acceptors (Lipinski definition) is 6. The maximum atomic E-state index is 12.1. The van der Waals surface area contributed by atoms with Gasteiger partial charge < -0.3 is 24.5 Å². The average molecular weight is 350 g/mol. The number of carbonyl (C=O) groups is 2. The van der Waals surface area contributed by atoms with E-state index in [-0.39, 0.29) is 18.6 Å². The summed E-state index contributed by atoms with van der Waals surface area (Å²) in [5.74, 6) is -2.51. The lowest BCUT2D eigenvalue weighted by Gasteiger charge is -2.43. The van der Waals surface area contributed by atoms with Crippen molar-refractivity contribution in [2.45, 2.75) is 44.8 Å². The Morgan fingerprint density at radius 2 is 1.92 bits per heavy atom. The zero-order chi connectivity index (χ0) is 17.9. The van der Waals surface area contributed by atoms with E-state index < -0.39 is 23.4 Å². The molecule has 1 heterocycles. The van der Waals surface area contributed by atoms with Gasteiger partial charge in [-0.05, 0) is 26.2 Å². The molecule has 1 unspecified atom stereocenters. The number of ether oxygens (including phenoxy) is 4. The van der Waals surface area contributed by atoms with Gasteiger partial charge in [-0.15, -0.1) is 0 Å². The van der Waals surface area contributed by atoms with Crippen LogP contribution < -0.4 is 0 Å². The lowest BCUT2D eigenvalue weighted by atomic mass is 9.69. The van der Waals surface area contributed by atoms with Crippen molar-refractivity contribution in [3.8, 4) is 0 Å². The normalized spacial score (nSPS) is 26.5. The number of hydrogen-bond donors (Lipinski definition) is 0. The minimum absolute atomic E-state index is 0.0735. The molecule has 0 aromatic carbocycles. The van der Waals surface area contributed by atoms with E-state index >= 15 is 0 Å². The molecule has 1 aliphatic heterocycles. The van der Waals surface area contributed by atoms with Gasteiger partial charge in [-0.25, -0.2) is 9.59 Å². The van der Waals surface area contributed by atoms with Crippen LogP contribution in [0.3, 0.4) is 0 Å². The van der Waals surface area contributed by atoms with Crippen LogP contribution in [0.5, 0.6) is 0 Å². The highest BCUT2D eigenvalue weighted by Gasteiger charge is 2.51. The molecular weight excluding hydrogens is 328 g/mol. The summed E-state index contributed by atoms with van der Waals surface area (Å²) in [5.41, 5.74) is 9.07. The van der Waals surface area contributed by atoms with Crippen molar-refractivity contribution in [2.75, 3.05) is 26.4 Å². The molecule has 1 atom stereocenters. The zero-order valence-corrected chi connectivity index (χ0v) is 14.3. The first kappa shape index (κ1) is 17.8. The zero-order valence-electron chi connectivity index (χ0n) is 14.3. The van der Waals surface area contributed by atoms with E-state index in [0.29, 0.717) is 19.6 Å². The standard InChI is InChI=1S/C17H22N2O6/c1-2-22-14(20)13(19-18)15(21)23-11-16-5-3-4-12(16)10-17(7-6-16)24-8-9-25-17/h4H,2-3,5-11H2,1H3. The smallest absolute Gasteiger partial charge is 0.457 e. The molecular formula is C17H22N2O6. The van der Waals surface area contributed by atoms with Crippen LogP contribution in [0.25, 0.3) is 5.53 Å². The van der Waals surface area contributed by atoms with Crippen LogP contribution in [0.15, 0.2) is 11.6 Å². The van der Waals surface area contributed by atoms with Gasteiger partial charge in [0, 0.05) is 18.3 Å². The highest BCUT2D eigenvalue weighted by Crippen LogP contribution is 2.53. The molecule has 0 radical (unpaired) electrons. The molecule has 0 amide bonds. The molecule has 2 fully saturated rings. The molecule has 1 saturated heterocycles. The maximum absolute atomic E-state index is 12.1. The second-order valence-corrected chi connectivity index (χ2v) is 6.58. The predicted molar refractivity (Wildman–Crippen MR) is 84.5 cm³/mol. The van der Waals surface area contributed by atoms with Crippen LogP contribution in [0.1, 0.15) is 39.0 Å². The van der Waals surface area contributed by atoms with E-state index in [1.807, 2.05) is 0 Å². The first-order chi connectivity index (χ1) is 12.0. The second-order valence-electron chi connectivity index (χ2n) is 6.58. The monoisotopic (exact) mass is 350 g/mol. The van der Waals surface area contributed by atoms with Crippen molar-refractivity contribution in [3.05, 3.63) is 17.2 Å². The Morgan fingerprint density at radius 3 is 2.60 bits per heavy atom. The van der Waals surface area contributed by atoms with E-state index in [1.165, 1.54) is 5.57 Å². The molecule has 1 saturated carbocycles. The number of allylic oxidation sites excluding steroid dienone is 1. The van der Waals surface area contributed by atoms with Crippen LogP contribution in [0, 0.1) is 5.41 Å². The Bertz CT molecular complexity index is 646. The molecule has 0 aromatic rings. The van der Waals surface area contributed by atoms with Crippen LogP contribution >= 0.6 is 0 Å². The largest absolute Gasteiger partial charge is 0.482 e. The number of carbonyl (C=O) groups excluding carboxylic acids is 2. The third kappa shape index (κ3) is 3.38. The Kier molecular flexibility index (Phi) is 5.03. The fourth-order valence-electron chi connectivity index (χ4n) is 3.87. The minimum Gasteiger partial charge on any atom is -0.457 e. The first-order valence-corrected chi connectivity index (χ1v) is 8.58. The summed E-state index contributed by atoms with van der Waals surface area (Å²) in [6, 6.07) is 0. The van der Waals surface area contributed by atoms with E-state index in [1.54, 1.807) is 6.92 Å². The van der Waals surface area contributed by atoms with E-state index in [0.717, 1.165) is 25.7 Å². The highest BCUT2D eigenvalue weighted by molar-refractivity contribution is 6.60. The van der Waals surface area contributed by atoms with Crippen LogP contribution in [0.2, 0.25) is 0 Å². The molecule has 1 spiro atoms. The van der Waals surface area contributed by atoms with Gasteiger partial charge in [-0.1, -0.05) is 11.6 Å². The van der Waals surface area contributed by atoms with Crippen molar-refractivity contribution in [1.82, 2.24) is 0 Å². The third-order valence-electron chi connectivity index (χ3n) is 5.19. The summed E-state index contributed by atoms with van der Waals surface area (Å²) >= 11 is 0. The Balaban J connectivity index is 1.64. The summed E-state index contributed by atoms with van der Waals surface area (Å²) in [6.45, 7) is 3.00. The first-order valence-electron chi connectivity index (χ1n) is 8.58. The fourth-order valence-corrected chi connectivity index (χ4v) is 3.87. The summed E-state index contributed by atoms with van der Waals surface area (Å²) in [5, 5.41) is 0. The van der Waals surface area contributed by atoms with Gasteiger partial charge in [0.1, 0.15) is 6.61 Å². The van der Waals surface area contributed by atoms with Gasteiger partial charge in [-0.3, -0.25) is 0 Å². The molecule has 3 aliphatic rings. The molecule has 0 bridgehead atoms. The molecule has 3 rings (SSSR count). The molecule has 2 aliphatic carbocycles. The van der Waals surface area contributed by atoms with Gasteiger partial charge in [0.15, 0.2) is 5.79 Å². The van der Waals surface area contributed by atoms with Gasteiger partial charge in [0.25, 0.3) is 0 Å². The summed E-state index contributed by atoms with van der Waals surface area (Å²) < 4.78 is 21.6. The molecule has 25 heavy (non-hydrogen) atoms. The van der Waals surface area contributed by atoms with Crippen molar-refractivity contribution < 1.29 is 33.3 Å². The van der Waals surface area contributed by atoms with Crippen molar-refractivity contribution in [2.24, 2.45) is 5.41 Å². The van der Waals surface area contributed by atoms with Gasteiger partial charge in [0.2, 0.25) is 0 Å². The van der Waals surface area contributed by atoms with Crippen LogP contribution in [-0.4, -0.2) is 54.7 Å².